The van der Waals surface area contributed by atoms with Gasteiger partial charge in [0.25, 0.3) is 0 Å². The van der Waals surface area contributed by atoms with Gasteiger partial charge in [-0.2, -0.15) is 0 Å². The number of ether oxygens (including phenoxy) is 1. The summed E-state index contributed by atoms with van der Waals surface area (Å²) in [5.74, 6) is 1.98. The number of carbonyl (C=O) groups is 1. The summed E-state index contributed by atoms with van der Waals surface area (Å²) in [6, 6.07) is 9.98. The molecule has 0 saturated heterocycles. The Balaban J connectivity index is 1.45. The Morgan fingerprint density at radius 1 is 1.16 bits per heavy atom. The van der Waals surface area contributed by atoms with Crippen molar-refractivity contribution >= 4 is 11.9 Å². The summed E-state index contributed by atoms with van der Waals surface area (Å²) in [6.07, 6.45) is 9.64. The van der Waals surface area contributed by atoms with Crippen LogP contribution in [0, 0.1) is 23.1 Å². The molecular weight excluding hydrogens is 403 g/mol. The molecule has 0 amide bonds. The Bertz CT molecular complexity index is 1060. The summed E-state index contributed by atoms with van der Waals surface area (Å²) >= 11 is 0. The fraction of sp³-hybridized carbons (Fsp3) is 0.464. The van der Waals surface area contributed by atoms with E-state index < -0.39 is 0 Å². The Hall–Kier alpha value is -2.46. The van der Waals surface area contributed by atoms with E-state index in [4.69, 9.17) is 4.74 Å². The quantitative estimate of drug-likeness (QED) is 0.478. The van der Waals surface area contributed by atoms with Crippen LogP contribution in [0.5, 0.6) is 5.75 Å². The van der Waals surface area contributed by atoms with Gasteiger partial charge in [0.1, 0.15) is 11.6 Å². The number of hydrogen-bond donors (Lipinski definition) is 1. The van der Waals surface area contributed by atoms with Crippen molar-refractivity contribution in [2.75, 3.05) is 7.11 Å². The van der Waals surface area contributed by atoms with Gasteiger partial charge in [0, 0.05) is 11.1 Å². The lowest BCUT2D eigenvalue weighted by molar-refractivity contribution is -0.0226. The first kappa shape index (κ1) is 21.4. The summed E-state index contributed by atoms with van der Waals surface area (Å²) in [4.78, 5) is 12.6. The molecule has 3 aliphatic rings. The van der Waals surface area contributed by atoms with Crippen molar-refractivity contribution in [3.8, 4) is 5.75 Å². The van der Waals surface area contributed by atoms with Crippen molar-refractivity contribution < 1.29 is 19.0 Å². The summed E-state index contributed by atoms with van der Waals surface area (Å²) in [6.45, 7) is 2.30. The molecule has 1 unspecified atom stereocenters. The van der Waals surface area contributed by atoms with Crippen LogP contribution in [0.1, 0.15) is 72.0 Å². The molecule has 3 aliphatic carbocycles. The highest BCUT2D eigenvalue weighted by Gasteiger charge is 2.54. The maximum absolute atomic E-state index is 13.2. The van der Waals surface area contributed by atoms with E-state index in [2.05, 4.69) is 19.1 Å². The third-order valence-electron chi connectivity index (χ3n) is 8.57. The smallest absolute Gasteiger partial charge is 0.185 e. The number of benzene rings is 2. The second-order valence-corrected chi connectivity index (χ2v) is 10.1. The predicted octanol–water partition coefficient (Wildman–Crippen LogP) is 5.95. The molecular formula is C28H31FO3. The Morgan fingerprint density at radius 2 is 1.94 bits per heavy atom. The molecule has 0 spiro atoms. The molecule has 3 nitrogen and oxygen atoms in total. The fourth-order valence-electron chi connectivity index (χ4n) is 6.77. The van der Waals surface area contributed by atoms with Gasteiger partial charge < -0.3 is 9.84 Å². The van der Waals surface area contributed by atoms with E-state index in [-0.39, 0.29) is 23.1 Å². The topological polar surface area (TPSA) is 46.5 Å². The zero-order valence-electron chi connectivity index (χ0n) is 18.8. The molecule has 5 atom stereocenters. The number of hydrogen-bond acceptors (Lipinski definition) is 3. The van der Waals surface area contributed by atoms with Crippen LogP contribution >= 0.6 is 0 Å². The zero-order chi connectivity index (χ0) is 22.5. The highest BCUT2D eigenvalue weighted by Crippen LogP contribution is 2.61. The molecule has 0 heterocycles. The number of halogens is 1. The standard InChI is InChI=1S/C28H31FO3/c1-28-14-13-21-22(24(28)10-12-27(28)31)9-5-18-16-26(32-2)19(15-23(18)21)6-11-25(30)17-3-7-20(29)8-4-17/h3-4,6-8,11,15-16,21-22,24,27,31H,5,9-10,12-14H2,1-2H3/b11-6+/t21-,22+,24-,27?,28-/m0/s1. The predicted molar refractivity (Wildman–Crippen MR) is 123 cm³/mol. The molecule has 32 heavy (non-hydrogen) atoms. The van der Waals surface area contributed by atoms with E-state index >= 15 is 0 Å². The zero-order valence-corrected chi connectivity index (χ0v) is 18.8. The number of ketones is 1. The number of aliphatic hydroxyl groups is 1. The van der Waals surface area contributed by atoms with Gasteiger partial charge in [-0.25, -0.2) is 4.39 Å². The van der Waals surface area contributed by atoms with E-state index in [1.165, 1.54) is 41.8 Å². The van der Waals surface area contributed by atoms with Crippen molar-refractivity contribution in [1.29, 1.82) is 0 Å². The van der Waals surface area contributed by atoms with Crippen LogP contribution in [0.2, 0.25) is 0 Å². The number of carbonyl (C=O) groups excluding carboxylic acids is 1. The van der Waals surface area contributed by atoms with E-state index in [1.54, 1.807) is 13.2 Å². The van der Waals surface area contributed by atoms with E-state index in [9.17, 15) is 14.3 Å². The fourth-order valence-corrected chi connectivity index (χ4v) is 6.77. The van der Waals surface area contributed by atoms with Crippen molar-refractivity contribution in [3.63, 3.8) is 0 Å². The molecule has 4 heteroatoms. The molecule has 1 N–H and O–H groups in total. The monoisotopic (exact) mass is 434 g/mol. The molecule has 0 aliphatic heterocycles. The minimum absolute atomic E-state index is 0.0649. The first-order valence-corrected chi connectivity index (χ1v) is 11.8. The molecule has 2 fully saturated rings. The summed E-state index contributed by atoms with van der Waals surface area (Å²) in [5.41, 5.74) is 4.18. The molecule has 5 rings (SSSR count). The van der Waals surface area contributed by atoms with Crippen LogP contribution in [0.25, 0.3) is 6.08 Å². The average Bonchev–Trinajstić information content (AvgIpc) is 3.11. The van der Waals surface area contributed by atoms with Crippen LogP contribution in [0.15, 0.2) is 42.5 Å². The van der Waals surface area contributed by atoms with E-state index in [1.807, 2.05) is 6.08 Å². The van der Waals surface area contributed by atoms with Crippen LogP contribution in [0.3, 0.4) is 0 Å². The summed E-state index contributed by atoms with van der Waals surface area (Å²) in [5, 5.41) is 10.6. The van der Waals surface area contributed by atoms with Crippen LogP contribution in [-0.4, -0.2) is 24.1 Å². The first-order valence-electron chi connectivity index (χ1n) is 11.8. The van der Waals surface area contributed by atoms with Crippen molar-refractivity contribution in [2.24, 2.45) is 17.3 Å². The number of rotatable bonds is 4. The van der Waals surface area contributed by atoms with Gasteiger partial charge in [-0.15, -0.1) is 0 Å². The highest BCUT2D eigenvalue weighted by molar-refractivity contribution is 6.06. The van der Waals surface area contributed by atoms with Crippen LogP contribution in [-0.2, 0) is 6.42 Å². The minimum Gasteiger partial charge on any atom is -0.496 e. The lowest BCUT2D eigenvalue weighted by Crippen LogP contribution is -2.43. The number of aryl methyl sites for hydroxylation is 1. The SMILES string of the molecule is COc1cc2c(cc1/C=C/C(=O)c1ccc(F)cc1)[C@H]1CC[C@]3(C)C(O)CC[C@H]3[C@@H]1CC2. The normalized spacial score (nSPS) is 31.1. The van der Waals surface area contributed by atoms with E-state index in [0.717, 1.165) is 43.4 Å². The molecule has 0 radical (unpaired) electrons. The van der Waals surface area contributed by atoms with Gasteiger partial charge in [-0.3, -0.25) is 4.79 Å². The lowest BCUT2D eigenvalue weighted by atomic mass is 9.55. The van der Waals surface area contributed by atoms with Crippen molar-refractivity contribution in [3.05, 3.63) is 70.5 Å². The van der Waals surface area contributed by atoms with Crippen LogP contribution in [0.4, 0.5) is 4.39 Å². The Morgan fingerprint density at radius 3 is 2.69 bits per heavy atom. The number of allylic oxidation sites excluding steroid dienone is 1. The van der Waals surface area contributed by atoms with Gasteiger partial charge >= 0.3 is 0 Å². The van der Waals surface area contributed by atoms with Gasteiger partial charge in [-0.05, 0) is 121 Å². The third-order valence-corrected chi connectivity index (χ3v) is 8.57. The second kappa shape index (κ2) is 8.15. The minimum atomic E-state index is -0.352. The van der Waals surface area contributed by atoms with Crippen LogP contribution < -0.4 is 4.74 Å². The molecule has 0 aromatic heterocycles. The highest BCUT2D eigenvalue weighted by atomic mass is 19.1. The molecule has 2 aromatic rings. The largest absolute Gasteiger partial charge is 0.496 e. The van der Waals surface area contributed by atoms with Gasteiger partial charge in [0.05, 0.1) is 13.2 Å². The molecule has 0 bridgehead atoms. The van der Waals surface area contributed by atoms with Gasteiger partial charge in [-0.1, -0.05) is 6.92 Å². The van der Waals surface area contributed by atoms with Gasteiger partial charge in [0.15, 0.2) is 5.78 Å². The maximum atomic E-state index is 13.2. The Labute approximate surface area is 189 Å². The third kappa shape index (κ3) is 3.49. The van der Waals surface area contributed by atoms with Gasteiger partial charge in [0.2, 0.25) is 0 Å². The lowest BCUT2D eigenvalue weighted by Gasteiger charge is -2.50. The molecule has 2 saturated carbocycles. The Kier molecular flexibility index (Phi) is 5.45. The maximum Gasteiger partial charge on any atom is 0.185 e. The van der Waals surface area contributed by atoms with E-state index in [0.29, 0.717) is 23.3 Å². The number of fused-ring (bicyclic) bond motifs is 5. The number of aliphatic hydroxyl groups excluding tert-OH is 1. The summed E-state index contributed by atoms with van der Waals surface area (Å²) < 4.78 is 18.8. The number of methoxy groups -OCH3 is 1. The summed E-state index contributed by atoms with van der Waals surface area (Å²) in [7, 11) is 1.67. The average molecular weight is 435 g/mol. The van der Waals surface area contributed by atoms with Crippen molar-refractivity contribution in [1.82, 2.24) is 0 Å². The molecule has 168 valence electrons. The second-order valence-electron chi connectivity index (χ2n) is 10.1. The molecule has 2 aromatic carbocycles. The first-order chi connectivity index (χ1) is 15.4. The van der Waals surface area contributed by atoms with Crippen molar-refractivity contribution in [2.45, 2.75) is 57.5 Å².